The molecule has 0 unspecified atom stereocenters. The number of amides is 1. The summed E-state index contributed by atoms with van der Waals surface area (Å²) >= 11 is 0. The minimum Gasteiger partial charge on any atom is -0.394 e. The molecule has 0 aliphatic heterocycles. The summed E-state index contributed by atoms with van der Waals surface area (Å²) < 4.78 is 37.1. The van der Waals surface area contributed by atoms with E-state index >= 15 is 0 Å². The Morgan fingerprint density at radius 3 is 2.25 bits per heavy atom. The van der Waals surface area contributed by atoms with Crippen LogP contribution in [0.15, 0.2) is 18.3 Å². The molecular weight excluding hydrogens is 273 g/mol. The summed E-state index contributed by atoms with van der Waals surface area (Å²) in [5.41, 5.74) is -1.79. The predicted molar refractivity (Wildman–Crippen MR) is 67.1 cm³/mol. The third kappa shape index (κ3) is 3.69. The second-order valence-corrected chi connectivity index (χ2v) is 4.53. The molecule has 0 aromatic carbocycles. The molecule has 2 N–H and O–H groups in total. The standard InChI is InChI=1S/C13H17F3N2O2/c1-3-12(4-2,8-19)18-11(20)9-5-6-10(17-7-9)13(14,15)16/h5-7,19H,3-4,8H2,1-2H3,(H,18,20). The maximum atomic E-state index is 12.4. The highest BCUT2D eigenvalue weighted by Crippen LogP contribution is 2.27. The average Bonchev–Trinajstić information content (AvgIpc) is 2.44. The fraction of sp³-hybridized carbons (Fsp3) is 0.538. The molecule has 0 saturated heterocycles. The van der Waals surface area contributed by atoms with Crippen molar-refractivity contribution in [3.05, 3.63) is 29.6 Å². The molecule has 7 heteroatoms. The molecular formula is C13H17F3N2O2. The molecule has 0 fully saturated rings. The van der Waals surface area contributed by atoms with E-state index in [2.05, 4.69) is 10.3 Å². The van der Waals surface area contributed by atoms with Crippen molar-refractivity contribution < 1.29 is 23.1 Å². The first kappa shape index (κ1) is 16.4. The van der Waals surface area contributed by atoms with Gasteiger partial charge in [-0.2, -0.15) is 13.2 Å². The Labute approximate surface area is 115 Å². The van der Waals surface area contributed by atoms with Gasteiger partial charge < -0.3 is 10.4 Å². The van der Waals surface area contributed by atoms with Gasteiger partial charge in [-0.1, -0.05) is 13.8 Å². The van der Waals surface area contributed by atoms with Gasteiger partial charge >= 0.3 is 6.18 Å². The van der Waals surface area contributed by atoms with Crippen molar-refractivity contribution in [3.63, 3.8) is 0 Å². The van der Waals surface area contributed by atoms with Crippen molar-refractivity contribution in [2.24, 2.45) is 0 Å². The van der Waals surface area contributed by atoms with Crippen LogP contribution in [0.1, 0.15) is 42.7 Å². The molecule has 0 spiro atoms. The molecule has 4 nitrogen and oxygen atoms in total. The highest BCUT2D eigenvalue weighted by atomic mass is 19.4. The summed E-state index contributed by atoms with van der Waals surface area (Å²) in [6.45, 7) is 3.38. The van der Waals surface area contributed by atoms with Gasteiger partial charge in [0.15, 0.2) is 0 Å². The van der Waals surface area contributed by atoms with Crippen LogP contribution in [-0.2, 0) is 6.18 Å². The highest BCUT2D eigenvalue weighted by molar-refractivity contribution is 5.94. The summed E-state index contributed by atoms with van der Waals surface area (Å²) in [5.74, 6) is -0.552. The highest BCUT2D eigenvalue weighted by Gasteiger charge is 2.33. The molecule has 0 aliphatic rings. The molecule has 1 amide bonds. The van der Waals surface area contributed by atoms with Crippen LogP contribution < -0.4 is 5.32 Å². The van der Waals surface area contributed by atoms with Gasteiger partial charge in [-0.25, -0.2) is 0 Å². The maximum absolute atomic E-state index is 12.4. The number of carbonyl (C=O) groups excluding carboxylic acids is 1. The molecule has 0 bridgehead atoms. The fourth-order valence-corrected chi connectivity index (χ4v) is 1.70. The van der Waals surface area contributed by atoms with E-state index in [0.29, 0.717) is 12.8 Å². The van der Waals surface area contributed by atoms with Crippen molar-refractivity contribution in [1.82, 2.24) is 10.3 Å². The molecule has 1 heterocycles. The number of halogens is 3. The van der Waals surface area contributed by atoms with Crippen molar-refractivity contribution in [1.29, 1.82) is 0 Å². The lowest BCUT2D eigenvalue weighted by Gasteiger charge is -2.30. The van der Waals surface area contributed by atoms with Crippen LogP contribution >= 0.6 is 0 Å². The van der Waals surface area contributed by atoms with Gasteiger partial charge in [0.2, 0.25) is 0 Å². The summed E-state index contributed by atoms with van der Waals surface area (Å²) in [6.07, 6.45) is -2.62. The number of hydrogen-bond donors (Lipinski definition) is 2. The first-order valence-corrected chi connectivity index (χ1v) is 6.24. The largest absolute Gasteiger partial charge is 0.433 e. The van der Waals surface area contributed by atoms with Gasteiger partial charge in [0.05, 0.1) is 17.7 Å². The smallest absolute Gasteiger partial charge is 0.394 e. The zero-order chi connectivity index (χ0) is 15.4. The summed E-state index contributed by atoms with van der Waals surface area (Å²) in [5, 5.41) is 12.0. The zero-order valence-corrected chi connectivity index (χ0v) is 11.3. The number of aromatic nitrogens is 1. The molecule has 1 aromatic rings. The number of hydrogen-bond acceptors (Lipinski definition) is 3. The Balaban J connectivity index is 2.88. The molecule has 20 heavy (non-hydrogen) atoms. The minimum atomic E-state index is -4.53. The van der Waals surface area contributed by atoms with Crippen molar-refractivity contribution in [2.45, 2.75) is 38.4 Å². The number of alkyl halides is 3. The predicted octanol–water partition coefficient (Wildman–Crippen LogP) is 2.38. The van der Waals surface area contributed by atoms with E-state index in [1.165, 1.54) is 0 Å². The third-order valence-electron chi connectivity index (χ3n) is 3.35. The van der Waals surface area contributed by atoms with E-state index in [1.54, 1.807) is 0 Å². The molecule has 112 valence electrons. The molecule has 0 saturated carbocycles. The van der Waals surface area contributed by atoms with Crippen LogP contribution in [0, 0.1) is 0 Å². The lowest BCUT2D eigenvalue weighted by molar-refractivity contribution is -0.141. The van der Waals surface area contributed by atoms with Crippen LogP contribution in [0.4, 0.5) is 13.2 Å². The monoisotopic (exact) mass is 290 g/mol. The Bertz CT molecular complexity index is 445. The van der Waals surface area contributed by atoms with Crippen LogP contribution in [0.25, 0.3) is 0 Å². The van der Waals surface area contributed by atoms with Crippen molar-refractivity contribution in [3.8, 4) is 0 Å². The summed E-state index contributed by atoms with van der Waals surface area (Å²) in [6, 6.07) is 1.83. The summed E-state index contributed by atoms with van der Waals surface area (Å²) in [4.78, 5) is 15.2. The Kier molecular flexibility index (Phi) is 5.10. The van der Waals surface area contributed by atoms with E-state index in [-0.39, 0.29) is 12.2 Å². The van der Waals surface area contributed by atoms with Gasteiger partial charge in [0.25, 0.3) is 5.91 Å². The first-order valence-electron chi connectivity index (χ1n) is 6.24. The van der Waals surface area contributed by atoms with Crippen LogP contribution in [0.5, 0.6) is 0 Å². The average molecular weight is 290 g/mol. The van der Waals surface area contributed by atoms with Crippen LogP contribution in [0.3, 0.4) is 0 Å². The first-order chi connectivity index (χ1) is 9.28. The number of aliphatic hydroxyl groups excluding tert-OH is 1. The van der Waals surface area contributed by atoms with Crippen molar-refractivity contribution in [2.75, 3.05) is 6.61 Å². The number of carbonyl (C=O) groups is 1. The Hall–Kier alpha value is -1.63. The quantitative estimate of drug-likeness (QED) is 0.875. The number of pyridine rings is 1. The second-order valence-electron chi connectivity index (χ2n) is 4.53. The SMILES string of the molecule is CCC(CC)(CO)NC(=O)c1ccc(C(F)(F)F)nc1. The topological polar surface area (TPSA) is 62.2 Å². The number of aliphatic hydroxyl groups is 1. The van der Waals surface area contributed by atoms with Crippen molar-refractivity contribution >= 4 is 5.91 Å². The van der Waals surface area contributed by atoms with Gasteiger partial charge in [-0.3, -0.25) is 9.78 Å². The Morgan fingerprint density at radius 1 is 1.30 bits per heavy atom. The molecule has 0 aliphatic carbocycles. The normalized spacial score (nSPS) is 12.3. The Morgan fingerprint density at radius 2 is 1.90 bits per heavy atom. The number of nitrogens with one attached hydrogen (secondary N) is 1. The third-order valence-corrected chi connectivity index (χ3v) is 3.35. The van der Waals surface area contributed by atoms with E-state index in [1.807, 2.05) is 13.8 Å². The van der Waals surface area contributed by atoms with Gasteiger partial charge in [-0.15, -0.1) is 0 Å². The number of nitrogens with zero attached hydrogens (tertiary/aromatic N) is 1. The fourth-order valence-electron chi connectivity index (χ4n) is 1.70. The van der Waals surface area contributed by atoms with Crippen LogP contribution in [-0.4, -0.2) is 28.1 Å². The van der Waals surface area contributed by atoms with Crippen LogP contribution in [0.2, 0.25) is 0 Å². The maximum Gasteiger partial charge on any atom is 0.433 e. The number of rotatable bonds is 5. The lowest BCUT2D eigenvalue weighted by atomic mass is 9.93. The summed E-state index contributed by atoms with van der Waals surface area (Å²) in [7, 11) is 0. The van der Waals surface area contributed by atoms with E-state index in [9.17, 15) is 23.1 Å². The molecule has 0 radical (unpaired) electrons. The molecule has 0 atom stereocenters. The van der Waals surface area contributed by atoms with E-state index < -0.39 is 23.3 Å². The van der Waals surface area contributed by atoms with Gasteiger partial charge in [-0.05, 0) is 25.0 Å². The zero-order valence-electron chi connectivity index (χ0n) is 11.3. The van der Waals surface area contributed by atoms with E-state index in [0.717, 1.165) is 18.3 Å². The van der Waals surface area contributed by atoms with E-state index in [4.69, 9.17) is 0 Å². The second kappa shape index (κ2) is 6.21. The van der Waals surface area contributed by atoms with Gasteiger partial charge in [0.1, 0.15) is 5.69 Å². The minimum absolute atomic E-state index is 0.0257. The molecule has 1 rings (SSSR count). The lowest BCUT2D eigenvalue weighted by Crippen LogP contribution is -2.50. The molecule has 1 aromatic heterocycles. The van der Waals surface area contributed by atoms with Gasteiger partial charge in [0, 0.05) is 6.20 Å².